The van der Waals surface area contributed by atoms with Gasteiger partial charge in [0, 0.05) is 21.7 Å². The Morgan fingerprint density at radius 1 is 1.10 bits per heavy atom. The molecule has 1 atom stereocenters. The predicted octanol–water partition coefficient (Wildman–Crippen LogP) is 4.67. The molecule has 0 spiro atoms. The lowest BCUT2D eigenvalue weighted by molar-refractivity contribution is 1.000. The first kappa shape index (κ1) is 13.6. The van der Waals surface area contributed by atoms with Gasteiger partial charge in [0.15, 0.2) is 0 Å². The molecule has 3 rings (SSSR count). The van der Waals surface area contributed by atoms with Crippen molar-refractivity contribution in [2.24, 2.45) is 0 Å². The fourth-order valence-electron chi connectivity index (χ4n) is 2.21. The van der Waals surface area contributed by atoms with Crippen LogP contribution in [0.5, 0.6) is 0 Å². The van der Waals surface area contributed by atoms with E-state index in [0.29, 0.717) is 0 Å². The van der Waals surface area contributed by atoms with Crippen LogP contribution in [0.1, 0.15) is 11.6 Å². The van der Waals surface area contributed by atoms with Crippen LogP contribution in [-0.4, -0.2) is 4.98 Å². The van der Waals surface area contributed by atoms with E-state index in [1.165, 1.54) is 0 Å². The quantitative estimate of drug-likeness (QED) is 0.755. The van der Waals surface area contributed by atoms with Gasteiger partial charge in [-0.3, -0.25) is 4.98 Å². The summed E-state index contributed by atoms with van der Waals surface area (Å²) < 4.78 is 0.979. The summed E-state index contributed by atoms with van der Waals surface area (Å²) in [6, 6.07) is 19.5. The smallest absolute Gasteiger partial charge is 0.140 e. The molecule has 3 aromatic rings. The molecular weight excluding hydrogens is 326 g/mol. The number of benzene rings is 2. The third-order valence-electron chi connectivity index (χ3n) is 3.23. The number of halogens is 1. The first-order chi connectivity index (χ1) is 10.3. The van der Waals surface area contributed by atoms with Crippen molar-refractivity contribution in [1.82, 2.24) is 4.98 Å². The number of nitrogens with one attached hydrogen (secondary N) is 1. The zero-order valence-electron chi connectivity index (χ0n) is 11.1. The molecule has 0 aliphatic carbocycles. The van der Waals surface area contributed by atoms with Gasteiger partial charge in [0.05, 0.1) is 11.6 Å². The van der Waals surface area contributed by atoms with E-state index >= 15 is 0 Å². The highest BCUT2D eigenvalue weighted by Crippen LogP contribution is 2.24. The molecular formula is C17H12BrN3. The average molecular weight is 338 g/mol. The molecule has 4 heteroatoms. The highest BCUT2D eigenvalue weighted by atomic mass is 79.9. The second kappa shape index (κ2) is 5.94. The Balaban J connectivity index is 1.93. The number of anilines is 1. The maximum absolute atomic E-state index is 9.44. The fraction of sp³-hybridized carbons (Fsp3) is 0.0588. The molecule has 3 nitrogen and oxygen atoms in total. The van der Waals surface area contributed by atoms with Gasteiger partial charge in [-0.05, 0) is 42.0 Å². The molecule has 2 aromatic carbocycles. The summed E-state index contributed by atoms with van der Waals surface area (Å²) in [5.41, 5.74) is 2.76. The van der Waals surface area contributed by atoms with Gasteiger partial charge < -0.3 is 5.32 Å². The van der Waals surface area contributed by atoms with Gasteiger partial charge in [-0.2, -0.15) is 5.26 Å². The molecule has 0 amide bonds. The van der Waals surface area contributed by atoms with Gasteiger partial charge in [0.1, 0.15) is 6.04 Å². The van der Waals surface area contributed by atoms with Crippen LogP contribution in [0, 0.1) is 11.3 Å². The van der Waals surface area contributed by atoms with E-state index in [-0.39, 0.29) is 0 Å². The number of pyridine rings is 1. The monoisotopic (exact) mass is 337 g/mol. The molecule has 102 valence electrons. The van der Waals surface area contributed by atoms with Crippen molar-refractivity contribution >= 4 is 32.5 Å². The van der Waals surface area contributed by atoms with Crippen molar-refractivity contribution in [3.8, 4) is 6.07 Å². The largest absolute Gasteiger partial charge is 0.366 e. The van der Waals surface area contributed by atoms with Gasteiger partial charge in [0.2, 0.25) is 0 Å². The Labute approximate surface area is 131 Å². The van der Waals surface area contributed by atoms with E-state index in [4.69, 9.17) is 0 Å². The summed E-state index contributed by atoms with van der Waals surface area (Å²) in [7, 11) is 0. The van der Waals surface area contributed by atoms with Crippen LogP contribution in [0.3, 0.4) is 0 Å². The molecule has 0 fully saturated rings. The maximum Gasteiger partial charge on any atom is 0.140 e. The first-order valence-electron chi connectivity index (χ1n) is 6.53. The van der Waals surface area contributed by atoms with Gasteiger partial charge in [-0.15, -0.1) is 0 Å². The topological polar surface area (TPSA) is 48.7 Å². The summed E-state index contributed by atoms with van der Waals surface area (Å²) in [5, 5.41) is 13.7. The van der Waals surface area contributed by atoms with Crippen molar-refractivity contribution in [3.63, 3.8) is 0 Å². The number of nitrogens with zero attached hydrogens (tertiary/aromatic N) is 2. The van der Waals surface area contributed by atoms with Crippen LogP contribution in [0.4, 0.5) is 5.69 Å². The van der Waals surface area contributed by atoms with Gasteiger partial charge in [-0.1, -0.05) is 34.1 Å². The Hall–Kier alpha value is -2.38. The number of fused-ring (bicyclic) bond motifs is 1. The number of aromatic nitrogens is 1. The van der Waals surface area contributed by atoms with Crippen molar-refractivity contribution in [2.75, 3.05) is 5.32 Å². The summed E-state index contributed by atoms with van der Waals surface area (Å²) in [6.07, 6.45) is 1.77. The Bertz CT molecular complexity index is 823. The number of rotatable bonds is 3. The first-order valence-corrected chi connectivity index (χ1v) is 7.32. The normalized spacial score (nSPS) is 11.8. The molecule has 0 aliphatic rings. The maximum atomic E-state index is 9.44. The molecule has 0 saturated carbocycles. The van der Waals surface area contributed by atoms with Crippen LogP contribution < -0.4 is 5.32 Å². The van der Waals surface area contributed by atoms with E-state index < -0.39 is 6.04 Å². The van der Waals surface area contributed by atoms with Crippen molar-refractivity contribution in [3.05, 3.63) is 70.8 Å². The minimum absolute atomic E-state index is 0.399. The summed E-state index contributed by atoms with van der Waals surface area (Å²) in [6.45, 7) is 0. The van der Waals surface area contributed by atoms with Crippen LogP contribution in [0.25, 0.3) is 10.9 Å². The standard InChI is InChI=1S/C17H12BrN3/c18-14-4-1-5-15(10-14)21-17(11-19)13-6-7-16-12(9-13)3-2-8-20-16/h1-10,17,21H. The Kier molecular flexibility index (Phi) is 3.85. The van der Waals surface area contributed by atoms with Gasteiger partial charge in [-0.25, -0.2) is 0 Å². The molecule has 1 heterocycles. The van der Waals surface area contributed by atoms with Crippen LogP contribution in [-0.2, 0) is 0 Å². The molecule has 0 saturated heterocycles. The summed E-state index contributed by atoms with van der Waals surface area (Å²) in [5.74, 6) is 0. The van der Waals surface area contributed by atoms with Crippen LogP contribution in [0.15, 0.2) is 65.3 Å². The lowest BCUT2D eigenvalue weighted by atomic mass is 10.0. The average Bonchev–Trinajstić information content (AvgIpc) is 2.52. The highest BCUT2D eigenvalue weighted by Gasteiger charge is 2.11. The lowest BCUT2D eigenvalue weighted by Gasteiger charge is -2.14. The molecule has 1 aromatic heterocycles. The highest BCUT2D eigenvalue weighted by molar-refractivity contribution is 9.10. The SMILES string of the molecule is N#CC(Nc1cccc(Br)c1)c1ccc2ncccc2c1. The predicted molar refractivity (Wildman–Crippen MR) is 87.9 cm³/mol. The van der Waals surface area contributed by atoms with E-state index in [9.17, 15) is 5.26 Å². The van der Waals surface area contributed by atoms with Crippen LogP contribution >= 0.6 is 15.9 Å². The third-order valence-corrected chi connectivity index (χ3v) is 3.72. The van der Waals surface area contributed by atoms with E-state index in [1.54, 1.807) is 6.20 Å². The summed E-state index contributed by atoms with van der Waals surface area (Å²) in [4.78, 5) is 4.29. The molecule has 0 bridgehead atoms. The van der Waals surface area contributed by atoms with Gasteiger partial charge in [0.25, 0.3) is 0 Å². The molecule has 1 unspecified atom stereocenters. The second-order valence-corrected chi connectivity index (χ2v) is 5.59. The Morgan fingerprint density at radius 2 is 2.00 bits per heavy atom. The third kappa shape index (κ3) is 3.04. The number of nitriles is 1. The van der Waals surface area contributed by atoms with Crippen molar-refractivity contribution in [1.29, 1.82) is 5.26 Å². The zero-order chi connectivity index (χ0) is 14.7. The Morgan fingerprint density at radius 3 is 2.81 bits per heavy atom. The lowest BCUT2D eigenvalue weighted by Crippen LogP contribution is -2.08. The molecule has 21 heavy (non-hydrogen) atoms. The van der Waals surface area contributed by atoms with E-state index in [0.717, 1.165) is 26.6 Å². The zero-order valence-corrected chi connectivity index (χ0v) is 12.7. The minimum Gasteiger partial charge on any atom is -0.366 e. The fourth-order valence-corrected chi connectivity index (χ4v) is 2.61. The van der Waals surface area contributed by atoms with Crippen LogP contribution in [0.2, 0.25) is 0 Å². The number of hydrogen-bond donors (Lipinski definition) is 1. The van der Waals surface area contributed by atoms with Crippen molar-refractivity contribution < 1.29 is 0 Å². The minimum atomic E-state index is -0.399. The molecule has 0 radical (unpaired) electrons. The van der Waals surface area contributed by atoms with Crippen molar-refractivity contribution in [2.45, 2.75) is 6.04 Å². The number of hydrogen-bond acceptors (Lipinski definition) is 3. The molecule has 1 N–H and O–H groups in total. The summed E-state index contributed by atoms with van der Waals surface area (Å²) >= 11 is 3.43. The molecule has 0 aliphatic heterocycles. The second-order valence-electron chi connectivity index (χ2n) is 4.67. The van der Waals surface area contributed by atoms with Gasteiger partial charge >= 0.3 is 0 Å². The van der Waals surface area contributed by atoms with E-state index in [1.807, 2.05) is 54.6 Å². The van der Waals surface area contributed by atoms with E-state index in [2.05, 4.69) is 32.3 Å².